The molecule has 10 rings (SSSR count). The second-order valence-corrected chi connectivity index (χ2v) is 12.6. The molecule has 8 aromatic rings. The Hall–Kier alpha value is -6.52. The van der Waals surface area contributed by atoms with Crippen LogP contribution in [0.5, 0.6) is 0 Å². The molecule has 0 aliphatic heterocycles. The first-order valence-corrected chi connectivity index (χ1v) is 16.6. The van der Waals surface area contributed by atoms with Gasteiger partial charge in [0.05, 0.1) is 5.41 Å². The summed E-state index contributed by atoms with van der Waals surface area (Å²) in [7, 11) is 0. The zero-order chi connectivity index (χ0) is 32.4. The van der Waals surface area contributed by atoms with Crippen molar-refractivity contribution in [3.05, 3.63) is 192 Å². The van der Waals surface area contributed by atoms with Gasteiger partial charge in [0.25, 0.3) is 0 Å². The Morgan fingerprint density at radius 3 is 1.27 bits per heavy atom. The average Bonchev–Trinajstić information content (AvgIpc) is 3.43. The predicted octanol–water partition coefficient (Wildman–Crippen LogP) is 10.3. The molecular weight excluding hydrogens is 597 g/mol. The van der Waals surface area contributed by atoms with Gasteiger partial charge in [-0.1, -0.05) is 140 Å². The number of nitrogens with zero attached hydrogens (tertiary/aromatic N) is 4. The number of aromatic nitrogens is 4. The molecule has 0 radical (unpaired) electrons. The summed E-state index contributed by atoms with van der Waals surface area (Å²) in [5.74, 6) is 1.88. The minimum atomic E-state index is -0.572. The fourth-order valence-electron chi connectivity index (χ4n) is 8.04. The molecule has 4 heteroatoms. The highest BCUT2D eigenvalue weighted by Gasteiger charge is 2.49. The third kappa shape index (κ3) is 4.04. The maximum Gasteiger partial charge on any atom is 0.164 e. The van der Waals surface area contributed by atoms with Gasteiger partial charge in [0.2, 0.25) is 0 Å². The maximum absolute atomic E-state index is 5.13. The van der Waals surface area contributed by atoms with E-state index in [1.54, 1.807) is 12.4 Å². The van der Waals surface area contributed by atoms with E-state index in [2.05, 4.69) is 120 Å². The van der Waals surface area contributed by atoms with Crippen LogP contribution in [0.2, 0.25) is 0 Å². The molecule has 2 heterocycles. The van der Waals surface area contributed by atoms with Crippen molar-refractivity contribution in [1.29, 1.82) is 0 Å². The highest BCUT2D eigenvalue weighted by molar-refractivity contribution is 5.97. The van der Waals surface area contributed by atoms with Gasteiger partial charge in [-0.3, -0.25) is 4.98 Å². The topological polar surface area (TPSA) is 51.6 Å². The van der Waals surface area contributed by atoms with Gasteiger partial charge in [-0.05, 0) is 73.8 Å². The smallest absolute Gasteiger partial charge is 0.164 e. The molecule has 0 unspecified atom stereocenters. The van der Waals surface area contributed by atoms with Gasteiger partial charge in [-0.25, -0.2) is 15.0 Å². The first-order chi connectivity index (χ1) is 24.3. The molecule has 0 amide bonds. The van der Waals surface area contributed by atoms with E-state index in [4.69, 9.17) is 15.0 Å². The van der Waals surface area contributed by atoms with Crippen LogP contribution in [0, 0.1) is 0 Å². The summed E-state index contributed by atoms with van der Waals surface area (Å²) >= 11 is 0. The quantitative estimate of drug-likeness (QED) is 0.196. The van der Waals surface area contributed by atoms with E-state index in [0.717, 1.165) is 16.7 Å². The van der Waals surface area contributed by atoms with Crippen LogP contribution in [-0.4, -0.2) is 19.9 Å². The van der Waals surface area contributed by atoms with Crippen LogP contribution in [0.3, 0.4) is 0 Å². The third-order valence-electron chi connectivity index (χ3n) is 10.1. The van der Waals surface area contributed by atoms with Gasteiger partial charge in [0.1, 0.15) is 0 Å². The van der Waals surface area contributed by atoms with E-state index in [-0.39, 0.29) is 0 Å². The number of benzene rings is 6. The standard InChI is InChI=1S/C45H28N4/c1-2-12-29(13-3-1)42-47-43(30-24-26-46-27-25-30)49-44(48-42)31-22-23-37-33-15-5-4-14-32(33)34-16-6-9-19-38(34)45(41(37)28-31)39-20-10-7-17-35(39)36-18-8-11-21-40(36)45/h1-28H. The molecular formula is C45H28N4. The molecule has 2 aromatic heterocycles. The molecule has 49 heavy (non-hydrogen) atoms. The van der Waals surface area contributed by atoms with Crippen LogP contribution in [-0.2, 0) is 5.41 Å². The number of pyridine rings is 1. The summed E-state index contributed by atoms with van der Waals surface area (Å²) in [4.78, 5) is 19.4. The van der Waals surface area contributed by atoms with E-state index < -0.39 is 5.41 Å². The van der Waals surface area contributed by atoms with E-state index in [1.807, 2.05) is 42.5 Å². The summed E-state index contributed by atoms with van der Waals surface area (Å²) in [6.45, 7) is 0. The minimum Gasteiger partial charge on any atom is -0.265 e. The molecule has 4 nitrogen and oxygen atoms in total. The first kappa shape index (κ1) is 27.6. The van der Waals surface area contributed by atoms with Crippen molar-refractivity contribution in [2.45, 2.75) is 5.41 Å². The van der Waals surface area contributed by atoms with Crippen molar-refractivity contribution in [2.24, 2.45) is 0 Å². The Kier molecular flexibility index (Phi) is 6.06. The number of hydrogen-bond donors (Lipinski definition) is 0. The molecule has 0 atom stereocenters. The third-order valence-corrected chi connectivity index (χ3v) is 10.1. The van der Waals surface area contributed by atoms with Crippen LogP contribution in [0.15, 0.2) is 170 Å². The monoisotopic (exact) mass is 624 g/mol. The fraction of sp³-hybridized carbons (Fsp3) is 0.0222. The van der Waals surface area contributed by atoms with E-state index >= 15 is 0 Å². The second kappa shape index (κ2) is 10.8. The van der Waals surface area contributed by atoms with Crippen LogP contribution < -0.4 is 0 Å². The SMILES string of the molecule is c1ccc(-c2nc(-c3ccncc3)nc(-c3ccc4c(c3)C3(c5ccccc5-c5ccccc5-4)c4ccccc4-c4ccccc43)n2)cc1. The van der Waals surface area contributed by atoms with Crippen LogP contribution in [0.25, 0.3) is 67.5 Å². The second-order valence-electron chi connectivity index (χ2n) is 12.6. The lowest BCUT2D eigenvalue weighted by Crippen LogP contribution is -2.29. The van der Waals surface area contributed by atoms with E-state index in [1.165, 1.54) is 55.6 Å². The molecule has 0 saturated carbocycles. The summed E-state index contributed by atoms with van der Waals surface area (Å²) in [6, 6.07) is 56.4. The number of fused-ring (bicyclic) bond motifs is 12. The van der Waals surface area contributed by atoms with Crippen molar-refractivity contribution in [3.8, 4) is 67.5 Å². The summed E-state index contributed by atoms with van der Waals surface area (Å²) in [5, 5.41) is 0. The Bertz CT molecular complexity index is 2450. The highest BCUT2D eigenvalue weighted by Crippen LogP contribution is 2.61. The lowest BCUT2D eigenvalue weighted by Gasteiger charge is -2.35. The van der Waals surface area contributed by atoms with E-state index in [9.17, 15) is 0 Å². The number of hydrogen-bond acceptors (Lipinski definition) is 4. The molecule has 2 aliphatic rings. The normalized spacial score (nSPS) is 13.1. The Morgan fingerprint density at radius 1 is 0.306 bits per heavy atom. The van der Waals surface area contributed by atoms with Crippen LogP contribution in [0.4, 0.5) is 0 Å². The summed E-state index contributed by atoms with van der Waals surface area (Å²) in [5.41, 5.74) is 14.7. The van der Waals surface area contributed by atoms with Crippen molar-refractivity contribution < 1.29 is 0 Å². The highest BCUT2D eigenvalue weighted by atomic mass is 15.0. The zero-order valence-corrected chi connectivity index (χ0v) is 26.5. The lowest BCUT2D eigenvalue weighted by molar-refractivity contribution is 0.775. The molecule has 0 saturated heterocycles. The largest absolute Gasteiger partial charge is 0.265 e. The Balaban J connectivity index is 1.32. The molecule has 0 bridgehead atoms. The van der Waals surface area contributed by atoms with Crippen molar-refractivity contribution in [2.75, 3.05) is 0 Å². The number of rotatable bonds is 3. The molecule has 6 aromatic carbocycles. The van der Waals surface area contributed by atoms with Gasteiger partial charge < -0.3 is 0 Å². The summed E-state index contributed by atoms with van der Waals surface area (Å²) in [6.07, 6.45) is 3.55. The van der Waals surface area contributed by atoms with Crippen molar-refractivity contribution in [3.63, 3.8) is 0 Å². The first-order valence-electron chi connectivity index (χ1n) is 16.6. The molecule has 0 N–H and O–H groups in total. The maximum atomic E-state index is 5.13. The van der Waals surface area contributed by atoms with Gasteiger partial charge in [-0.2, -0.15) is 0 Å². The van der Waals surface area contributed by atoms with Gasteiger partial charge in [0.15, 0.2) is 17.5 Å². The van der Waals surface area contributed by atoms with E-state index in [0.29, 0.717) is 17.5 Å². The minimum absolute atomic E-state index is 0.572. The molecule has 0 fully saturated rings. The van der Waals surface area contributed by atoms with Crippen LogP contribution in [0.1, 0.15) is 22.3 Å². The van der Waals surface area contributed by atoms with Gasteiger partial charge >= 0.3 is 0 Å². The molecule has 1 spiro atoms. The van der Waals surface area contributed by atoms with Crippen LogP contribution >= 0.6 is 0 Å². The molecule has 228 valence electrons. The lowest BCUT2D eigenvalue weighted by atomic mass is 9.65. The fourth-order valence-corrected chi connectivity index (χ4v) is 8.04. The Labute approximate surface area is 284 Å². The average molecular weight is 625 g/mol. The predicted molar refractivity (Wildman–Crippen MR) is 196 cm³/mol. The van der Waals surface area contributed by atoms with Crippen molar-refractivity contribution >= 4 is 0 Å². The van der Waals surface area contributed by atoms with Crippen molar-refractivity contribution in [1.82, 2.24) is 19.9 Å². The summed E-state index contributed by atoms with van der Waals surface area (Å²) < 4.78 is 0. The molecule has 2 aliphatic carbocycles. The Morgan fingerprint density at radius 2 is 0.714 bits per heavy atom. The van der Waals surface area contributed by atoms with Gasteiger partial charge in [0, 0.05) is 29.1 Å². The zero-order valence-electron chi connectivity index (χ0n) is 26.5. The van der Waals surface area contributed by atoms with Gasteiger partial charge in [-0.15, -0.1) is 0 Å².